The Labute approximate surface area is 129 Å². The molecular formula is C14H14F3N3O3. The molecule has 0 fully saturated rings. The van der Waals surface area contributed by atoms with Crippen molar-refractivity contribution in [2.75, 3.05) is 13.2 Å². The highest BCUT2D eigenvalue weighted by atomic mass is 19.4. The molecule has 1 aromatic heterocycles. The fourth-order valence-electron chi connectivity index (χ4n) is 1.95. The van der Waals surface area contributed by atoms with Crippen LogP contribution >= 0.6 is 0 Å². The Morgan fingerprint density at radius 1 is 1.22 bits per heavy atom. The van der Waals surface area contributed by atoms with E-state index in [-0.39, 0.29) is 35.9 Å². The molecule has 0 aliphatic heterocycles. The molecule has 0 saturated heterocycles. The van der Waals surface area contributed by atoms with Gasteiger partial charge in [-0.3, -0.25) is 0 Å². The van der Waals surface area contributed by atoms with Crippen molar-refractivity contribution in [1.82, 2.24) is 15.4 Å². The zero-order valence-electron chi connectivity index (χ0n) is 12.4. The van der Waals surface area contributed by atoms with Crippen molar-refractivity contribution >= 4 is 5.97 Å². The zero-order valence-corrected chi connectivity index (χ0v) is 12.4. The minimum absolute atomic E-state index is 0.0167. The molecule has 0 spiro atoms. The summed E-state index contributed by atoms with van der Waals surface area (Å²) in [5.74, 6) is -1.05. The number of rotatable bonds is 5. The van der Waals surface area contributed by atoms with Gasteiger partial charge in [-0.05, 0) is 32.0 Å². The molecule has 0 aliphatic carbocycles. The van der Waals surface area contributed by atoms with Gasteiger partial charge in [0.25, 0.3) is 0 Å². The van der Waals surface area contributed by atoms with Crippen molar-refractivity contribution in [2.24, 2.45) is 0 Å². The molecule has 6 nitrogen and oxygen atoms in total. The quantitative estimate of drug-likeness (QED) is 0.853. The monoisotopic (exact) mass is 329 g/mol. The maximum absolute atomic E-state index is 13.2. The van der Waals surface area contributed by atoms with Gasteiger partial charge in [0, 0.05) is 5.56 Å². The first-order valence-corrected chi connectivity index (χ1v) is 6.80. The van der Waals surface area contributed by atoms with Crippen LogP contribution in [-0.2, 0) is 10.9 Å². The van der Waals surface area contributed by atoms with Crippen LogP contribution in [0.1, 0.15) is 29.9 Å². The van der Waals surface area contributed by atoms with Crippen molar-refractivity contribution in [2.45, 2.75) is 20.0 Å². The van der Waals surface area contributed by atoms with Crippen LogP contribution in [0.25, 0.3) is 11.3 Å². The number of halogens is 3. The fourth-order valence-corrected chi connectivity index (χ4v) is 1.95. The molecule has 23 heavy (non-hydrogen) atoms. The van der Waals surface area contributed by atoms with Gasteiger partial charge in [-0.1, -0.05) is 0 Å². The van der Waals surface area contributed by atoms with Gasteiger partial charge in [-0.15, -0.1) is 5.10 Å². The SMILES string of the molecule is CCOC(=O)c1n[nH]nc1-c1ccc(OCC)c(C(F)(F)F)c1. The van der Waals surface area contributed by atoms with Crippen LogP contribution < -0.4 is 4.74 Å². The van der Waals surface area contributed by atoms with Crippen LogP contribution in [0.15, 0.2) is 18.2 Å². The Kier molecular flexibility index (Phi) is 4.87. The lowest BCUT2D eigenvalue weighted by molar-refractivity contribution is -0.138. The van der Waals surface area contributed by atoms with Crippen LogP contribution in [0.2, 0.25) is 0 Å². The van der Waals surface area contributed by atoms with E-state index in [9.17, 15) is 18.0 Å². The number of nitrogens with zero attached hydrogens (tertiary/aromatic N) is 2. The second-order valence-electron chi connectivity index (χ2n) is 4.38. The number of hydrogen-bond acceptors (Lipinski definition) is 5. The molecule has 1 heterocycles. The van der Waals surface area contributed by atoms with Crippen molar-refractivity contribution in [3.05, 3.63) is 29.5 Å². The Morgan fingerprint density at radius 2 is 1.96 bits per heavy atom. The Bertz CT molecular complexity index is 698. The molecule has 0 bridgehead atoms. The smallest absolute Gasteiger partial charge is 0.419 e. The summed E-state index contributed by atoms with van der Waals surface area (Å²) in [6.07, 6.45) is -4.60. The second-order valence-corrected chi connectivity index (χ2v) is 4.38. The van der Waals surface area contributed by atoms with Crippen LogP contribution in [0, 0.1) is 0 Å². The predicted octanol–water partition coefficient (Wildman–Crippen LogP) is 3.07. The van der Waals surface area contributed by atoms with Crippen molar-refractivity contribution in [1.29, 1.82) is 0 Å². The summed E-state index contributed by atoms with van der Waals surface area (Å²) in [5.41, 5.74) is -1.06. The highest BCUT2D eigenvalue weighted by molar-refractivity contribution is 5.94. The topological polar surface area (TPSA) is 77.1 Å². The molecule has 9 heteroatoms. The van der Waals surface area contributed by atoms with E-state index in [1.165, 1.54) is 12.1 Å². The first kappa shape index (κ1) is 16.8. The van der Waals surface area contributed by atoms with Gasteiger partial charge in [0.1, 0.15) is 11.4 Å². The maximum atomic E-state index is 13.2. The molecule has 1 aromatic carbocycles. The van der Waals surface area contributed by atoms with Crippen LogP contribution in [0.3, 0.4) is 0 Å². The number of carbonyl (C=O) groups is 1. The molecule has 2 aromatic rings. The van der Waals surface area contributed by atoms with Crippen LogP contribution in [-0.4, -0.2) is 34.6 Å². The molecule has 1 N–H and O–H groups in total. The van der Waals surface area contributed by atoms with Gasteiger partial charge in [0.05, 0.1) is 18.8 Å². The lowest BCUT2D eigenvalue weighted by Gasteiger charge is -2.14. The number of alkyl halides is 3. The van der Waals surface area contributed by atoms with E-state index in [4.69, 9.17) is 9.47 Å². The van der Waals surface area contributed by atoms with E-state index < -0.39 is 17.7 Å². The molecule has 0 atom stereocenters. The fraction of sp³-hybridized carbons (Fsp3) is 0.357. The number of esters is 1. The molecule has 0 aliphatic rings. The largest absolute Gasteiger partial charge is 0.493 e. The van der Waals surface area contributed by atoms with Crippen molar-refractivity contribution < 1.29 is 27.4 Å². The third kappa shape index (κ3) is 3.61. The molecule has 0 saturated carbocycles. The average Bonchev–Trinajstić information content (AvgIpc) is 2.96. The highest BCUT2D eigenvalue weighted by Gasteiger charge is 2.35. The summed E-state index contributed by atoms with van der Waals surface area (Å²) in [6.45, 7) is 3.41. The second kappa shape index (κ2) is 6.67. The van der Waals surface area contributed by atoms with Crippen molar-refractivity contribution in [3.63, 3.8) is 0 Å². The van der Waals surface area contributed by atoms with E-state index in [2.05, 4.69) is 15.4 Å². The van der Waals surface area contributed by atoms with Gasteiger partial charge < -0.3 is 9.47 Å². The van der Waals surface area contributed by atoms with E-state index in [1.807, 2.05) is 0 Å². The van der Waals surface area contributed by atoms with E-state index in [0.29, 0.717) is 0 Å². The number of H-pyrrole nitrogens is 1. The normalized spacial score (nSPS) is 11.3. The summed E-state index contributed by atoms with van der Waals surface area (Å²) in [5, 5.41) is 9.60. The third-order valence-corrected chi connectivity index (χ3v) is 2.87. The first-order valence-electron chi connectivity index (χ1n) is 6.80. The lowest BCUT2D eigenvalue weighted by Crippen LogP contribution is -2.10. The molecule has 124 valence electrons. The third-order valence-electron chi connectivity index (χ3n) is 2.87. The molecular weight excluding hydrogens is 315 g/mol. The van der Waals surface area contributed by atoms with E-state index >= 15 is 0 Å². The Morgan fingerprint density at radius 3 is 2.57 bits per heavy atom. The van der Waals surface area contributed by atoms with Gasteiger partial charge in [0.15, 0.2) is 5.69 Å². The van der Waals surface area contributed by atoms with Gasteiger partial charge in [-0.25, -0.2) is 4.79 Å². The minimum atomic E-state index is -4.60. The number of benzene rings is 1. The Hall–Kier alpha value is -2.58. The number of hydrogen-bond donors (Lipinski definition) is 1. The summed E-state index contributed by atoms with van der Waals surface area (Å²) in [6, 6.07) is 3.43. The number of aromatic amines is 1. The molecule has 2 rings (SSSR count). The van der Waals surface area contributed by atoms with Gasteiger partial charge in [-0.2, -0.15) is 23.5 Å². The average molecular weight is 329 g/mol. The summed E-state index contributed by atoms with van der Waals surface area (Å²) in [4.78, 5) is 11.8. The number of ether oxygens (including phenoxy) is 2. The Balaban J connectivity index is 2.50. The van der Waals surface area contributed by atoms with Gasteiger partial charge >= 0.3 is 12.1 Å². The molecule has 0 amide bonds. The summed E-state index contributed by atoms with van der Waals surface area (Å²) in [7, 11) is 0. The molecule has 0 unspecified atom stereocenters. The lowest BCUT2D eigenvalue weighted by atomic mass is 10.1. The predicted molar refractivity (Wildman–Crippen MR) is 73.9 cm³/mol. The zero-order chi connectivity index (χ0) is 17.0. The van der Waals surface area contributed by atoms with E-state index in [0.717, 1.165) is 6.07 Å². The standard InChI is InChI=1S/C14H14F3N3O3/c1-3-22-10-6-5-8(7-9(10)14(15,16)17)11-12(19-20-18-11)13(21)23-4-2/h5-7H,3-4H2,1-2H3,(H,18,19,20). The number of nitrogens with one attached hydrogen (secondary N) is 1. The number of aromatic nitrogens is 3. The molecule has 0 radical (unpaired) electrons. The van der Waals surface area contributed by atoms with Crippen LogP contribution in [0.5, 0.6) is 5.75 Å². The van der Waals surface area contributed by atoms with Crippen molar-refractivity contribution in [3.8, 4) is 17.0 Å². The minimum Gasteiger partial charge on any atom is -0.493 e. The van der Waals surface area contributed by atoms with E-state index in [1.54, 1.807) is 13.8 Å². The number of carbonyl (C=O) groups excluding carboxylic acids is 1. The highest BCUT2D eigenvalue weighted by Crippen LogP contribution is 2.38. The first-order chi connectivity index (χ1) is 10.9. The maximum Gasteiger partial charge on any atom is 0.419 e. The summed E-state index contributed by atoms with van der Waals surface area (Å²) >= 11 is 0. The summed E-state index contributed by atoms with van der Waals surface area (Å²) < 4.78 is 49.3. The van der Waals surface area contributed by atoms with Crippen LogP contribution in [0.4, 0.5) is 13.2 Å². The van der Waals surface area contributed by atoms with Gasteiger partial charge in [0.2, 0.25) is 0 Å².